The molecular formula is C11H10IN3O2. The van der Waals surface area contributed by atoms with Gasteiger partial charge in [0, 0.05) is 18.0 Å². The van der Waals surface area contributed by atoms with E-state index >= 15 is 0 Å². The fraction of sp³-hybridized carbons (Fsp3) is 0.0909. The van der Waals surface area contributed by atoms with E-state index in [-0.39, 0.29) is 11.7 Å². The number of imidazole rings is 1. The van der Waals surface area contributed by atoms with Crippen molar-refractivity contribution in [2.75, 3.05) is 0 Å². The zero-order chi connectivity index (χ0) is 12.3. The number of aromatic hydroxyl groups is 1. The standard InChI is InChI=1S/C11H10IN3O2/c12-8-2-1-7(5-9(8)16)11(17)15-6-10-13-3-4-14-10/h1-5,16H,6H2,(H,13,14)(H,15,17). The summed E-state index contributed by atoms with van der Waals surface area (Å²) in [6, 6.07) is 4.80. The normalized spacial score (nSPS) is 10.2. The number of aromatic nitrogens is 2. The van der Waals surface area contributed by atoms with Crippen LogP contribution in [0.25, 0.3) is 0 Å². The van der Waals surface area contributed by atoms with Gasteiger partial charge in [0.1, 0.15) is 11.6 Å². The Morgan fingerprint density at radius 2 is 2.35 bits per heavy atom. The molecule has 1 amide bonds. The number of carbonyl (C=O) groups is 1. The molecular weight excluding hydrogens is 333 g/mol. The van der Waals surface area contributed by atoms with E-state index in [9.17, 15) is 9.90 Å². The van der Waals surface area contributed by atoms with Gasteiger partial charge in [-0.15, -0.1) is 0 Å². The summed E-state index contributed by atoms with van der Waals surface area (Å²) in [4.78, 5) is 18.6. The molecule has 0 saturated carbocycles. The molecule has 3 N–H and O–H groups in total. The van der Waals surface area contributed by atoms with Crippen LogP contribution in [-0.4, -0.2) is 21.0 Å². The zero-order valence-corrected chi connectivity index (χ0v) is 10.9. The summed E-state index contributed by atoms with van der Waals surface area (Å²) in [5.74, 6) is 0.553. The molecule has 0 aliphatic rings. The SMILES string of the molecule is O=C(NCc1ncc[nH]1)c1ccc(I)c(O)c1. The first kappa shape index (κ1) is 11.9. The lowest BCUT2D eigenvalue weighted by atomic mass is 10.2. The summed E-state index contributed by atoms with van der Waals surface area (Å²) < 4.78 is 0.713. The Labute approximate surface area is 111 Å². The molecule has 0 unspecified atom stereocenters. The second-order valence-corrected chi connectivity index (χ2v) is 4.55. The number of phenols is 1. The second kappa shape index (κ2) is 5.17. The summed E-state index contributed by atoms with van der Waals surface area (Å²) in [6.45, 7) is 0.332. The molecule has 6 heteroatoms. The molecule has 2 aromatic rings. The highest BCUT2D eigenvalue weighted by atomic mass is 127. The van der Waals surface area contributed by atoms with Gasteiger partial charge in [0.2, 0.25) is 0 Å². The molecule has 88 valence electrons. The van der Waals surface area contributed by atoms with Gasteiger partial charge < -0.3 is 15.4 Å². The predicted molar refractivity (Wildman–Crippen MR) is 70.6 cm³/mol. The maximum atomic E-state index is 11.7. The molecule has 2 rings (SSSR count). The fourth-order valence-corrected chi connectivity index (χ4v) is 1.65. The quantitative estimate of drug-likeness (QED) is 0.742. The molecule has 0 radical (unpaired) electrons. The van der Waals surface area contributed by atoms with E-state index in [2.05, 4.69) is 15.3 Å². The Morgan fingerprint density at radius 3 is 3.00 bits per heavy atom. The third-order valence-electron chi connectivity index (χ3n) is 2.18. The zero-order valence-electron chi connectivity index (χ0n) is 8.77. The minimum absolute atomic E-state index is 0.108. The Balaban J connectivity index is 2.02. The van der Waals surface area contributed by atoms with Crippen LogP contribution in [0, 0.1) is 3.57 Å². The van der Waals surface area contributed by atoms with Gasteiger partial charge in [0.15, 0.2) is 0 Å². The third-order valence-corrected chi connectivity index (χ3v) is 3.09. The van der Waals surface area contributed by atoms with Crippen molar-refractivity contribution >= 4 is 28.5 Å². The first-order chi connectivity index (χ1) is 8.16. The van der Waals surface area contributed by atoms with Crippen LogP contribution < -0.4 is 5.32 Å². The van der Waals surface area contributed by atoms with Crippen molar-refractivity contribution in [2.45, 2.75) is 6.54 Å². The Bertz CT molecular complexity index is 526. The largest absolute Gasteiger partial charge is 0.507 e. The van der Waals surface area contributed by atoms with Crippen LogP contribution in [0.3, 0.4) is 0 Å². The topological polar surface area (TPSA) is 78.0 Å². The number of amides is 1. The Morgan fingerprint density at radius 1 is 1.53 bits per heavy atom. The van der Waals surface area contributed by atoms with Gasteiger partial charge in [-0.25, -0.2) is 4.98 Å². The van der Waals surface area contributed by atoms with Crippen LogP contribution in [0.2, 0.25) is 0 Å². The molecule has 0 atom stereocenters. The lowest BCUT2D eigenvalue weighted by molar-refractivity contribution is 0.0949. The lowest BCUT2D eigenvalue weighted by Gasteiger charge is -2.04. The number of nitrogens with one attached hydrogen (secondary N) is 2. The molecule has 1 heterocycles. The minimum atomic E-state index is -0.242. The number of phenolic OH excluding ortho intramolecular Hbond substituents is 1. The Hall–Kier alpha value is -1.57. The summed E-state index contributed by atoms with van der Waals surface area (Å²) in [5.41, 5.74) is 0.425. The van der Waals surface area contributed by atoms with Crippen molar-refractivity contribution in [3.05, 3.63) is 45.6 Å². The van der Waals surface area contributed by atoms with Crippen LogP contribution >= 0.6 is 22.6 Å². The van der Waals surface area contributed by atoms with Gasteiger partial charge in [-0.1, -0.05) is 0 Å². The average Bonchev–Trinajstić information content (AvgIpc) is 2.82. The van der Waals surface area contributed by atoms with Gasteiger partial charge in [-0.2, -0.15) is 0 Å². The highest BCUT2D eigenvalue weighted by Crippen LogP contribution is 2.20. The van der Waals surface area contributed by atoms with E-state index in [0.717, 1.165) is 0 Å². The first-order valence-corrected chi connectivity index (χ1v) is 5.99. The average molecular weight is 343 g/mol. The van der Waals surface area contributed by atoms with Gasteiger partial charge in [0.25, 0.3) is 5.91 Å². The van der Waals surface area contributed by atoms with E-state index < -0.39 is 0 Å². The van der Waals surface area contributed by atoms with Crippen molar-refractivity contribution in [3.63, 3.8) is 0 Å². The van der Waals surface area contributed by atoms with Crippen molar-refractivity contribution < 1.29 is 9.90 Å². The molecule has 0 aliphatic carbocycles. The van der Waals surface area contributed by atoms with Gasteiger partial charge in [-0.05, 0) is 40.8 Å². The van der Waals surface area contributed by atoms with Gasteiger partial charge >= 0.3 is 0 Å². The number of hydrogen-bond acceptors (Lipinski definition) is 3. The minimum Gasteiger partial charge on any atom is -0.507 e. The van der Waals surface area contributed by atoms with Crippen LogP contribution in [0.5, 0.6) is 5.75 Å². The van der Waals surface area contributed by atoms with Crippen molar-refractivity contribution in [1.82, 2.24) is 15.3 Å². The predicted octanol–water partition coefficient (Wildman–Crippen LogP) is 1.65. The molecule has 5 nitrogen and oxygen atoms in total. The fourth-order valence-electron chi connectivity index (χ4n) is 1.31. The molecule has 0 bridgehead atoms. The van der Waals surface area contributed by atoms with Crippen LogP contribution in [0.4, 0.5) is 0 Å². The maximum Gasteiger partial charge on any atom is 0.251 e. The molecule has 1 aromatic carbocycles. The molecule has 0 saturated heterocycles. The van der Waals surface area contributed by atoms with Gasteiger partial charge in [-0.3, -0.25) is 4.79 Å². The number of hydrogen-bond donors (Lipinski definition) is 3. The van der Waals surface area contributed by atoms with E-state index in [1.807, 2.05) is 22.6 Å². The van der Waals surface area contributed by atoms with Crippen LogP contribution in [-0.2, 0) is 6.54 Å². The number of rotatable bonds is 3. The third kappa shape index (κ3) is 2.96. The number of H-pyrrole nitrogens is 1. The highest BCUT2D eigenvalue weighted by Gasteiger charge is 2.08. The second-order valence-electron chi connectivity index (χ2n) is 3.38. The van der Waals surface area contributed by atoms with Crippen molar-refractivity contribution in [2.24, 2.45) is 0 Å². The Kier molecular flexibility index (Phi) is 3.62. The maximum absolute atomic E-state index is 11.7. The first-order valence-electron chi connectivity index (χ1n) is 4.92. The van der Waals surface area contributed by atoms with E-state index in [0.29, 0.717) is 21.5 Å². The summed E-state index contributed by atoms with van der Waals surface area (Å²) in [6.07, 6.45) is 3.32. The summed E-state index contributed by atoms with van der Waals surface area (Å²) in [5, 5.41) is 12.2. The van der Waals surface area contributed by atoms with Crippen LogP contribution in [0.1, 0.15) is 16.2 Å². The molecule has 1 aromatic heterocycles. The molecule has 0 spiro atoms. The van der Waals surface area contributed by atoms with E-state index in [1.165, 1.54) is 6.07 Å². The van der Waals surface area contributed by atoms with Crippen molar-refractivity contribution in [3.8, 4) is 5.75 Å². The number of aromatic amines is 1. The van der Waals surface area contributed by atoms with E-state index in [4.69, 9.17) is 0 Å². The van der Waals surface area contributed by atoms with Crippen molar-refractivity contribution in [1.29, 1.82) is 0 Å². The molecule has 17 heavy (non-hydrogen) atoms. The molecule has 0 fully saturated rings. The lowest BCUT2D eigenvalue weighted by Crippen LogP contribution is -2.23. The monoisotopic (exact) mass is 343 g/mol. The number of nitrogens with zero attached hydrogens (tertiary/aromatic N) is 1. The number of halogens is 1. The number of carbonyl (C=O) groups excluding carboxylic acids is 1. The van der Waals surface area contributed by atoms with Crippen LogP contribution in [0.15, 0.2) is 30.6 Å². The molecule has 0 aliphatic heterocycles. The number of benzene rings is 1. The smallest absolute Gasteiger partial charge is 0.251 e. The highest BCUT2D eigenvalue weighted by molar-refractivity contribution is 14.1. The van der Waals surface area contributed by atoms with Gasteiger partial charge in [0.05, 0.1) is 10.1 Å². The summed E-state index contributed by atoms with van der Waals surface area (Å²) in [7, 11) is 0. The summed E-state index contributed by atoms with van der Waals surface area (Å²) >= 11 is 2.00. The van der Waals surface area contributed by atoms with E-state index in [1.54, 1.807) is 24.5 Å².